The van der Waals surface area contributed by atoms with Gasteiger partial charge in [0.15, 0.2) is 0 Å². The lowest BCUT2D eigenvalue weighted by Gasteiger charge is -2.19. The van der Waals surface area contributed by atoms with Gasteiger partial charge in [0.2, 0.25) is 0 Å². The second kappa shape index (κ2) is 7.13. The zero-order chi connectivity index (χ0) is 17.9. The third-order valence-corrected chi connectivity index (χ3v) is 4.67. The van der Waals surface area contributed by atoms with Gasteiger partial charge >= 0.3 is 0 Å². The molecule has 1 fully saturated rings. The number of nitrogens with one attached hydrogen (secondary N) is 1. The van der Waals surface area contributed by atoms with Crippen molar-refractivity contribution in [2.24, 2.45) is 0 Å². The average molecular weight is 369 g/mol. The molecule has 3 aromatic rings. The molecule has 3 heterocycles. The van der Waals surface area contributed by atoms with E-state index in [4.69, 9.17) is 11.6 Å². The smallest absolute Gasteiger partial charge is 0.251 e. The van der Waals surface area contributed by atoms with Gasteiger partial charge in [0.05, 0.1) is 23.1 Å². The van der Waals surface area contributed by atoms with Gasteiger partial charge in [-0.1, -0.05) is 16.8 Å². The van der Waals surface area contributed by atoms with Gasteiger partial charge < -0.3 is 10.2 Å². The minimum atomic E-state index is -0.0888. The molecule has 1 saturated heterocycles. The molecule has 132 valence electrons. The molecule has 0 spiro atoms. The quantitative estimate of drug-likeness (QED) is 0.764. The Bertz CT molecular complexity index is 896. The van der Waals surface area contributed by atoms with Crippen molar-refractivity contribution in [1.82, 2.24) is 25.3 Å². The van der Waals surface area contributed by atoms with Crippen molar-refractivity contribution in [2.75, 3.05) is 18.0 Å². The molecule has 0 radical (unpaired) electrons. The molecule has 1 aromatic carbocycles. The maximum absolute atomic E-state index is 12.5. The summed E-state index contributed by atoms with van der Waals surface area (Å²) in [6.07, 6.45) is 5.95. The first kappa shape index (κ1) is 16.5. The van der Waals surface area contributed by atoms with Crippen LogP contribution in [-0.2, 0) is 0 Å². The van der Waals surface area contributed by atoms with Gasteiger partial charge in [-0.15, -0.1) is 5.10 Å². The molecule has 1 aliphatic rings. The first-order valence-corrected chi connectivity index (χ1v) is 8.71. The molecule has 1 amide bonds. The Kier molecular flexibility index (Phi) is 4.53. The Labute approximate surface area is 155 Å². The lowest BCUT2D eigenvalue weighted by molar-refractivity contribution is 0.0940. The normalized spacial score (nSPS) is 16.7. The molecule has 2 aromatic heterocycles. The molecule has 26 heavy (non-hydrogen) atoms. The van der Waals surface area contributed by atoms with Crippen LogP contribution in [0.15, 0.2) is 55.0 Å². The van der Waals surface area contributed by atoms with Crippen molar-refractivity contribution >= 4 is 23.3 Å². The summed E-state index contributed by atoms with van der Waals surface area (Å²) in [7, 11) is 0. The molecular formula is C18H17ClN6O. The Balaban J connectivity index is 1.39. The largest absolute Gasteiger partial charge is 0.353 e. The maximum Gasteiger partial charge on any atom is 0.251 e. The van der Waals surface area contributed by atoms with Gasteiger partial charge in [-0.25, -0.2) is 9.67 Å². The molecule has 0 bridgehead atoms. The summed E-state index contributed by atoms with van der Waals surface area (Å²) >= 11 is 6.21. The summed E-state index contributed by atoms with van der Waals surface area (Å²) < 4.78 is 1.65. The topological polar surface area (TPSA) is 75.9 Å². The van der Waals surface area contributed by atoms with Crippen molar-refractivity contribution in [3.8, 4) is 5.69 Å². The number of aromatic nitrogens is 4. The van der Waals surface area contributed by atoms with Gasteiger partial charge in [0.25, 0.3) is 5.91 Å². The number of hydrogen-bond acceptors (Lipinski definition) is 5. The molecule has 1 aliphatic heterocycles. The van der Waals surface area contributed by atoms with Gasteiger partial charge in [-0.3, -0.25) is 4.79 Å². The average Bonchev–Trinajstić information content (AvgIpc) is 3.34. The minimum absolute atomic E-state index is 0.0653. The highest BCUT2D eigenvalue weighted by atomic mass is 35.5. The molecule has 0 saturated carbocycles. The minimum Gasteiger partial charge on any atom is -0.353 e. The second-order valence-corrected chi connectivity index (χ2v) is 6.52. The van der Waals surface area contributed by atoms with E-state index in [-0.39, 0.29) is 11.9 Å². The summed E-state index contributed by atoms with van der Waals surface area (Å²) in [5.74, 6) is 0.678. The maximum atomic E-state index is 12.5. The standard InChI is InChI=1S/C18H17ClN6O/c19-16-2-1-8-20-17(16)24-10-7-14(12-24)22-18(26)13-3-5-15(6-4-13)25-11-9-21-23-25/h1-6,8-9,11,14H,7,10,12H2,(H,22,26). The lowest BCUT2D eigenvalue weighted by Crippen LogP contribution is -2.37. The number of halogens is 1. The van der Waals surface area contributed by atoms with Crippen LogP contribution in [0.1, 0.15) is 16.8 Å². The Morgan fingerprint density at radius 2 is 2.04 bits per heavy atom. The monoisotopic (exact) mass is 368 g/mol. The fourth-order valence-electron chi connectivity index (χ4n) is 3.06. The first-order chi connectivity index (χ1) is 12.7. The van der Waals surface area contributed by atoms with Crippen LogP contribution in [0.2, 0.25) is 5.02 Å². The van der Waals surface area contributed by atoms with E-state index in [1.165, 1.54) is 0 Å². The Morgan fingerprint density at radius 1 is 1.19 bits per heavy atom. The fourth-order valence-corrected chi connectivity index (χ4v) is 3.30. The Morgan fingerprint density at radius 3 is 2.77 bits per heavy atom. The van der Waals surface area contributed by atoms with E-state index in [9.17, 15) is 4.79 Å². The number of amides is 1. The number of carbonyl (C=O) groups excluding carboxylic acids is 1. The summed E-state index contributed by atoms with van der Waals surface area (Å²) in [5.41, 5.74) is 1.47. The van der Waals surface area contributed by atoms with E-state index < -0.39 is 0 Å². The van der Waals surface area contributed by atoms with Gasteiger partial charge in [-0.05, 0) is 42.8 Å². The number of nitrogens with zero attached hydrogens (tertiary/aromatic N) is 5. The Hall–Kier alpha value is -2.93. The zero-order valence-electron chi connectivity index (χ0n) is 13.9. The van der Waals surface area contributed by atoms with Gasteiger partial charge in [-0.2, -0.15) is 0 Å². The van der Waals surface area contributed by atoms with Crippen LogP contribution in [0.3, 0.4) is 0 Å². The molecule has 8 heteroatoms. The predicted octanol–water partition coefficient (Wildman–Crippen LogP) is 2.32. The predicted molar refractivity (Wildman–Crippen MR) is 98.7 cm³/mol. The number of pyridine rings is 1. The molecule has 0 aliphatic carbocycles. The van der Waals surface area contributed by atoms with Crippen LogP contribution in [0.25, 0.3) is 5.69 Å². The number of carbonyl (C=O) groups is 1. The summed E-state index contributed by atoms with van der Waals surface area (Å²) in [6.45, 7) is 1.51. The highest BCUT2D eigenvalue weighted by Crippen LogP contribution is 2.25. The van der Waals surface area contributed by atoms with Crippen molar-refractivity contribution in [2.45, 2.75) is 12.5 Å². The van der Waals surface area contributed by atoms with Crippen molar-refractivity contribution < 1.29 is 4.79 Å². The SMILES string of the molecule is O=C(NC1CCN(c2ncccc2Cl)C1)c1ccc(-n2ccnn2)cc1. The third-order valence-electron chi connectivity index (χ3n) is 4.38. The van der Waals surface area contributed by atoms with Crippen LogP contribution >= 0.6 is 11.6 Å². The van der Waals surface area contributed by atoms with E-state index in [1.807, 2.05) is 24.3 Å². The summed E-state index contributed by atoms with van der Waals surface area (Å²) in [6, 6.07) is 11.0. The van der Waals surface area contributed by atoms with Crippen molar-refractivity contribution in [1.29, 1.82) is 0 Å². The van der Waals surface area contributed by atoms with Crippen LogP contribution in [0.5, 0.6) is 0 Å². The van der Waals surface area contributed by atoms with E-state index in [1.54, 1.807) is 35.4 Å². The number of benzene rings is 1. The number of hydrogen-bond donors (Lipinski definition) is 1. The van der Waals surface area contributed by atoms with Crippen molar-refractivity contribution in [3.05, 3.63) is 65.6 Å². The number of rotatable bonds is 4. The van der Waals surface area contributed by atoms with E-state index in [2.05, 4.69) is 25.5 Å². The lowest BCUT2D eigenvalue weighted by atomic mass is 10.1. The summed E-state index contributed by atoms with van der Waals surface area (Å²) in [5, 5.41) is 11.4. The molecule has 1 unspecified atom stereocenters. The second-order valence-electron chi connectivity index (χ2n) is 6.11. The highest BCUT2D eigenvalue weighted by molar-refractivity contribution is 6.32. The number of anilines is 1. The third kappa shape index (κ3) is 3.39. The fraction of sp³-hybridized carbons (Fsp3) is 0.222. The summed E-state index contributed by atoms with van der Waals surface area (Å²) in [4.78, 5) is 18.9. The van der Waals surface area contributed by atoms with E-state index >= 15 is 0 Å². The molecule has 1 atom stereocenters. The van der Waals surface area contributed by atoms with Crippen LogP contribution in [0, 0.1) is 0 Å². The van der Waals surface area contributed by atoms with E-state index in [0.717, 1.165) is 24.5 Å². The van der Waals surface area contributed by atoms with Gasteiger partial charge in [0, 0.05) is 30.9 Å². The molecule has 4 rings (SSSR count). The first-order valence-electron chi connectivity index (χ1n) is 8.34. The highest BCUT2D eigenvalue weighted by Gasteiger charge is 2.26. The van der Waals surface area contributed by atoms with Crippen LogP contribution in [-0.4, -0.2) is 45.0 Å². The van der Waals surface area contributed by atoms with E-state index in [0.29, 0.717) is 17.1 Å². The van der Waals surface area contributed by atoms with Crippen LogP contribution in [0.4, 0.5) is 5.82 Å². The van der Waals surface area contributed by atoms with Gasteiger partial charge in [0.1, 0.15) is 5.82 Å². The zero-order valence-corrected chi connectivity index (χ0v) is 14.7. The van der Waals surface area contributed by atoms with Crippen molar-refractivity contribution in [3.63, 3.8) is 0 Å². The van der Waals surface area contributed by atoms with Crippen LogP contribution < -0.4 is 10.2 Å². The molecule has 1 N–H and O–H groups in total. The molecular weight excluding hydrogens is 352 g/mol. The molecule has 7 nitrogen and oxygen atoms in total.